The first-order valence-electron chi connectivity index (χ1n) is 7.89. The quantitative estimate of drug-likeness (QED) is 0.445. The number of methoxy groups -OCH3 is 1. The van der Waals surface area contributed by atoms with Crippen LogP contribution in [0, 0.1) is 0 Å². The minimum Gasteiger partial charge on any atom is -0.497 e. The normalized spacial score (nSPS) is 15.0. The molecule has 1 fully saturated rings. The molecule has 1 N–H and O–H groups in total. The number of carbonyl (C=O) groups is 1. The highest BCUT2D eigenvalue weighted by Crippen LogP contribution is 2.29. The van der Waals surface area contributed by atoms with E-state index in [0.29, 0.717) is 28.2 Å². The smallest absolute Gasteiger partial charge is 0.263 e. The molecule has 0 unspecified atom stereocenters. The number of nitrogens with one attached hydrogen (secondary N) is 1. The van der Waals surface area contributed by atoms with Crippen LogP contribution in [0.1, 0.15) is 5.56 Å². The van der Waals surface area contributed by atoms with E-state index in [9.17, 15) is 4.79 Å². The molecule has 2 aromatic rings. The maximum Gasteiger partial charge on any atom is 0.263 e. The van der Waals surface area contributed by atoms with Crippen LogP contribution < -0.4 is 19.5 Å². The van der Waals surface area contributed by atoms with Crippen LogP contribution in [0.5, 0.6) is 17.2 Å². The number of thiocarbonyl (C=S) groups is 1. The van der Waals surface area contributed by atoms with Crippen molar-refractivity contribution >= 4 is 40.3 Å². The van der Waals surface area contributed by atoms with Crippen LogP contribution in [0.2, 0.25) is 0 Å². The molecule has 0 aromatic heterocycles. The molecule has 0 atom stereocenters. The van der Waals surface area contributed by atoms with Crippen molar-refractivity contribution in [2.24, 2.45) is 0 Å². The largest absolute Gasteiger partial charge is 0.497 e. The van der Waals surface area contributed by atoms with Crippen molar-refractivity contribution in [2.45, 2.75) is 0 Å². The molecule has 7 heteroatoms. The standard InChI is InChI=1S/C19H17NO4S2/c1-22-14-6-4-7-15(12-14)23-9-10-24-16-8-3-2-5-13(16)11-17-18(21)20-19(25)26-17/h2-8,11-12H,9-10H2,1H3,(H,20,21,25). The number of para-hydroxylation sites is 1. The monoisotopic (exact) mass is 387 g/mol. The van der Waals surface area contributed by atoms with Gasteiger partial charge >= 0.3 is 0 Å². The summed E-state index contributed by atoms with van der Waals surface area (Å²) < 4.78 is 17.1. The summed E-state index contributed by atoms with van der Waals surface area (Å²) in [6.45, 7) is 0.756. The number of thioether (sulfide) groups is 1. The Hall–Kier alpha value is -2.51. The first-order chi connectivity index (χ1) is 12.7. The van der Waals surface area contributed by atoms with Crippen LogP contribution in [-0.2, 0) is 4.79 Å². The minimum absolute atomic E-state index is 0.184. The average molecular weight is 387 g/mol. The van der Waals surface area contributed by atoms with Crippen molar-refractivity contribution in [3.05, 3.63) is 59.0 Å². The molecule has 0 spiro atoms. The fourth-order valence-corrected chi connectivity index (χ4v) is 3.33. The predicted molar refractivity (Wildman–Crippen MR) is 107 cm³/mol. The third-order valence-corrected chi connectivity index (χ3v) is 4.66. The molecule has 5 nitrogen and oxygen atoms in total. The van der Waals surface area contributed by atoms with Crippen LogP contribution in [0.4, 0.5) is 0 Å². The summed E-state index contributed by atoms with van der Waals surface area (Å²) >= 11 is 6.25. The summed E-state index contributed by atoms with van der Waals surface area (Å²) in [5, 5.41) is 2.60. The average Bonchev–Trinajstić information content (AvgIpc) is 2.97. The fourth-order valence-electron chi connectivity index (χ4n) is 2.30. The zero-order valence-electron chi connectivity index (χ0n) is 14.1. The van der Waals surface area contributed by atoms with E-state index in [2.05, 4.69) is 5.32 Å². The van der Waals surface area contributed by atoms with Gasteiger partial charge in [0.15, 0.2) is 0 Å². The molecule has 2 aromatic carbocycles. The van der Waals surface area contributed by atoms with Gasteiger partial charge in [0.25, 0.3) is 5.91 Å². The highest BCUT2D eigenvalue weighted by Gasteiger charge is 2.22. The molecular weight excluding hydrogens is 370 g/mol. The van der Waals surface area contributed by atoms with Crippen LogP contribution in [-0.4, -0.2) is 30.6 Å². The van der Waals surface area contributed by atoms with Crippen LogP contribution in [0.25, 0.3) is 6.08 Å². The van der Waals surface area contributed by atoms with Crippen molar-refractivity contribution in [1.82, 2.24) is 5.32 Å². The lowest BCUT2D eigenvalue weighted by Crippen LogP contribution is -2.17. The lowest BCUT2D eigenvalue weighted by molar-refractivity contribution is -0.115. The molecule has 0 saturated carbocycles. The molecule has 3 rings (SSSR count). The molecule has 1 heterocycles. The Bertz CT molecular complexity index is 851. The molecule has 0 aliphatic carbocycles. The summed E-state index contributed by atoms with van der Waals surface area (Å²) in [6.07, 6.45) is 1.78. The molecule has 134 valence electrons. The third-order valence-electron chi connectivity index (χ3n) is 3.50. The molecule has 0 bridgehead atoms. The zero-order chi connectivity index (χ0) is 18.4. The van der Waals surface area contributed by atoms with Gasteiger partial charge in [-0.3, -0.25) is 4.79 Å². The minimum atomic E-state index is -0.184. The Morgan fingerprint density at radius 2 is 1.85 bits per heavy atom. The second-order valence-electron chi connectivity index (χ2n) is 5.27. The van der Waals surface area contributed by atoms with E-state index in [1.165, 1.54) is 11.8 Å². The van der Waals surface area contributed by atoms with Gasteiger partial charge in [-0.25, -0.2) is 0 Å². The summed E-state index contributed by atoms with van der Waals surface area (Å²) in [6, 6.07) is 14.9. The zero-order valence-corrected chi connectivity index (χ0v) is 15.7. The van der Waals surface area contributed by atoms with Gasteiger partial charge in [0, 0.05) is 11.6 Å². The van der Waals surface area contributed by atoms with Crippen molar-refractivity contribution in [2.75, 3.05) is 20.3 Å². The van der Waals surface area contributed by atoms with Crippen molar-refractivity contribution < 1.29 is 19.0 Å². The van der Waals surface area contributed by atoms with Crippen LogP contribution in [0.15, 0.2) is 53.4 Å². The number of hydrogen-bond donors (Lipinski definition) is 1. The second kappa shape index (κ2) is 8.73. The molecule has 1 aliphatic rings. The maximum absolute atomic E-state index is 11.8. The van der Waals surface area contributed by atoms with Gasteiger partial charge < -0.3 is 19.5 Å². The maximum atomic E-state index is 11.8. The van der Waals surface area contributed by atoms with E-state index in [-0.39, 0.29) is 5.91 Å². The lowest BCUT2D eigenvalue weighted by Gasteiger charge is -2.11. The Balaban J connectivity index is 1.59. The third kappa shape index (κ3) is 4.77. The van der Waals surface area contributed by atoms with Gasteiger partial charge in [0.1, 0.15) is 34.8 Å². The predicted octanol–water partition coefficient (Wildman–Crippen LogP) is 3.64. The number of ether oxygens (including phenoxy) is 3. The van der Waals surface area contributed by atoms with Crippen molar-refractivity contribution in [3.63, 3.8) is 0 Å². The Kier molecular flexibility index (Phi) is 6.14. The van der Waals surface area contributed by atoms with Gasteiger partial charge in [-0.2, -0.15) is 0 Å². The summed E-state index contributed by atoms with van der Waals surface area (Å²) in [5.74, 6) is 1.96. The molecule has 1 aliphatic heterocycles. The highest BCUT2D eigenvalue weighted by molar-refractivity contribution is 8.26. The SMILES string of the molecule is COc1cccc(OCCOc2ccccc2C=C2SC(=S)NC2=O)c1. The van der Waals surface area contributed by atoms with Crippen molar-refractivity contribution in [3.8, 4) is 17.2 Å². The highest BCUT2D eigenvalue weighted by atomic mass is 32.2. The number of benzene rings is 2. The van der Waals surface area contributed by atoms with Gasteiger partial charge in [-0.15, -0.1) is 0 Å². The molecule has 0 radical (unpaired) electrons. The number of carbonyl (C=O) groups excluding carboxylic acids is 1. The second-order valence-corrected chi connectivity index (χ2v) is 6.98. The van der Waals surface area contributed by atoms with Crippen molar-refractivity contribution in [1.29, 1.82) is 0 Å². The van der Waals surface area contributed by atoms with E-state index >= 15 is 0 Å². The lowest BCUT2D eigenvalue weighted by atomic mass is 10.2. The summed E-state index contributed by atoms with van der Waals surface area (Å²) in [4.78, 5) is 12.4. The first-order valence-corrected chi connectivity index (χ1v) is 9.12. The number of rotatable bonds is 7. The summed E-state index contributed by atoms with van der Waals surface area (Å²) in [7, 11) is 1.61. The summed E-state index contributed by atoms with van der Waals surface area (Å²) in [5.41, 5.74) is 0.816. The first kappa shape index (κ1) is 18.3. The fraction of sp³-hybridized carbons (Fsp3) is 0.158. The van der Waals surface area contributed by atoms with Gasteiger partial charge in [0.2, 0.25) is 0 Å². The van der Waals surface area contributed by atoms with E-state index in [1.54, 1.807) is 13.2 Å². The van der Waals surface area contributed by atoms with E-state index < -0.39 is 0 Å². The Labute approximate surface area is 161 Å². The molecule has 1 amide bonds. The van der Waals surface area contributed by atoms with Gasteiger partial charge in [0.05, 0.1) is 12.0 Å². The Morgan fingerprint density at radius 1 is 1.08 bits per heavy atom. The molecule has 1 saturated heterocycles. The molecular formula is C19H17NO4S2. The van der Waals surface area contributed by atoms with E-state index in [4.69, 9.17) is 26.4 Å². The number of amides is 1. The van der Waals surface area contributed by atoms with Crippen LogP contribution >= 0.6 is 24.0 Å². The molecule has 26 heavy (non-hydrogen) atoms. The van der Waals surface area contributed by atoms with Gasteiger partial charge in [-0.05, 0) is 24.3 Å². The van der Waals surface area contributed by atoms with Crippen LogP contribution in [0.3, 0.4) is 0 Å². The van der Waals surface area contributed by atoms with Gasteiger partial charge in [-0.1, -0.05) is 48.2 Å². The van der Waals surface area contributed by atoms with E-state index in [0.717, 1.165) is 17.1 Å². The topological polar surface area (TPSA) is 56.8 Å². The Morgan fingerprint density at radius 3 is 2.62 bits per heavy atom. The van der Waals surface area contributed by atoms with E-state index in [1.807, 2.05) is 48.5 Å². The number of hydrogen-bond acceptors (Lipinski definition) is 6.